The molecule has 1 aromatic heterocycles. The molecule has 2 heterocycles. The molecule has 1 aromatic carbocycles. The Morgan fingerprint density at radius 2 is 2.23 bits per heavy atom. The Labute approximate surface area is 175 Å². The van der Waals surface area contributed by atoms with Gasteiger partial charge in [-0.1, -0.05) is 17.3 Å². The second kappa shape index (κ2) is 10.3. The number of rotatable bonds is 9. The molecule has 2 aromatic rings. The topological polar surface area (TPSA) is 114 Å². The van der Waals surface area contributed by atoms with Crippen LogP contribution in [0.15, 0.2) is 22.7 Å². The van der Waals surface area contributed by atoms with E-state index in [4.69, 9.17) is 10.3 Å². The number of amides is 2. The zero-order chi connectivity index (χ0) is 21.5. The lowest BCUT2D eigenvalue weighted by molar-refractivity contribution is -0.123. The van der Waals surface area contributed by atoms with E-state index < -0.39 is 0 Å². The minimum Gasteiger partial charge on any atom is -0.369 e. The summed E-state index contributed by atoms with van der Waals surface area (Å²) >= 11 is 0. The molecular weight excluding hydrogens is 389 g/mol. The quantitative estimate of drug-likeness (QED) is 0.602. The number of hydrogen-bond acceptors (Lipinski definition) is 6. The summed E-state index contributed by atoms with van der Waals surface area (Å²) in [6, 6.07) is 4.75. The number of hydrogen-bond donors (Lipinski definition) is 2. The van der Waals surface area contributed by atoms with Crippen molar-refractivity contribution in [2.75, 3.05) is 26.2 Å². The molecule has 3 rings (SSSR count). The fourth-order valence-corrected chi connectivity index (χ4v) is 3.54. The van der Waals surface area contributed by atoms with E-state index in [0.717, 1.165) is 32.4 Å². The minimum absolute atomic E-state index is 0.0657. The van der Waals surface area contributed by atoms with Crippen molar-refractivity contribution in [2.45, 2.75) is 39.0 Å². The van der Waals surface area contributed by atoms with E-state index in [-0.39, 0.29) is 30.0 Å². The third-order valence-corrected chi connectivity index (χ3v) is 5.35. The van der Waals surface area contributed by atoms with Crippen LogP contribution in [0.4, 0.5) is 4.39 Å². The van der Waals surface area contributed by atoms with Gasteiger partial charge in [0.15, 0.2) is 0 Å². The van der Waals surface area contributed by atoms with Crippen LogP contribution in [0, 0.1) is 18.7 Å². The molecule has 3 N–H and O–H groups in total. The van der Waals surface area contributed by atoms with Gasteiger partial charge in [-0.05, 0) is 50.9 Å². The Balaban J connectivity index is 1.35. The summed E-state index contributed by atoms with van der Waals surface area (Å²) in [5.41, 5.74) is 6.48. The summed E-state index contributed by atoms with van der Waals surface area (Å²) in [4.78, 5) is 29.8. The molecule has 162 valence electrons. The summed E-state index contributed by atoms with van der Waals surface area (Å²) in [5.74, 6) is -0.0708. The van der Waals surface area contributed by atoms with Crippen LogP contribution in [0.3, 0.4) is 0 Å². The first-order valence-electron chi connectivity index (χ1n) is 10.3. The van der Waals surface area contributed by atoms with E-state index in [1.54, 1.807) is 19.1 Å². The van der Waals surface area contributed by atoms with Crippen molar-refractivity contribution in [3.63, 3.8) is 0 Å². The average molecular weight is 417 g/mol. The van der Waals surface area contributed by atoms with Gasteiger partial charge in [0, 0.05) is 31.5 Å². The number of halogens is 1. The van der Waals surface area contributed by atoms with Crippen molar-refractivity contribution in [1.82, 2.24) is 20.4 Å². The summed E-state index contributed by atoms with van der Waals surface area (Å²) in [7, 11) is 0. The van der Waals surface area contributed by atoms with Crippen LogP contribution < -0.4 is 11.1 Å². The van der Waals surface area contributed by atoms with E-state index in [0.29, 0.717) is 42.4 Å². The van der Waals surface area contributed by atoms with Gasteiger partial charge in [0.05, 0.1) is 5.92 Å². The SMILES string of the molecule is Cc1ccc(-c2noc(CCC(=O)NCCCN3CCCC(C(N)=O)C3)n2)cc1F. The molecule has 0 radical (unpaired) electrons. The Morgan fingerprint density at radius 1 is 1.40 bits per heavy atom. The van der Waals surface area contributed by atoms with Crippen molar-refractivity contribution < 1.29 is 18.5 Å². The lowest BCUT2D eigenvalue weighted by Gasteiger charge is -2.31. The number of aromatic nitrogens is 2. The first-order chi connectivity index (χ1) is 14.4. The van der Waals surface area contributed by atoms with Gasteiger partial charge in [0.1, 0.15) is 5.82 Å². The Hall–Kier alpha value is -2.81. The van der Waals surface area contributed by atoms with E-state index in [9.17, 15) is 14.0 Å². The van der Waals surface area contributed by atoms with Crippen LogP contribution in [0.5, 0.6) is 0 Å². The van der Waals surface area contributed by atoms with Gasteiger partial charge in [-0.3, -0.25) is 9.59 Å². The molecule has 1 atom stereocenters. The highest BCUT2D eigenvalue weighted by molar-refractivity contribution is 5.77. The Morgan fingerprint density at radius 3 is 3.00 bits per heavy atom. The fourth-order valence-electron chi connectivity index (χ4n) is 3.54. The third-order valence-electron chi connectivity index (χ3n) is 5.35. The van der Waals surface area contributed by atoms with E-state index >= 15 is 0 Å². The highest BCUT2D eigenvalue weighted by Crippen LogP contribution is 2.19. The van der Waals surface area contributed by atoms with Gasteiger partial charge in [-0.2, -0.15) is 4.98 Å². The normalized spacial score (nSPS) is 17.1. The van der Waals surface area contributed by atoms with Gasteiger partial charge in [-0.25, -0.2) is 4.39 Å². The number of carbonyl (C=O) groups excluding carboxylic acids is 2. The zero-order valence-corrected chi connectivity index (χ0v) is 17.2. The van der Waals surface area contributed by atoms with Crippen molar-refractivity contribution in [1.29, 1.82) is 0 Å². The van der Waals surface area contributed by atoms with Crippen LogP contribution >= 0.6 is 0 Å². The van der Waals surface area contributed by atoms with Crippen LogP contribution in [-0.4, -0.2) is 53.0 Å². The predicted molar refractivity (Wildman–Crippen MR) is 109 cm³/mol. The Bertz CT molecular complexity index is 885. The molecule has 8 nitrogen and oxygen atoms in total. The third kappa shape index (κ3) is 6.09. The van der Waals surface area contributed by atoms with Gasteiger partial charge < -0.3 is 20.5 Å². The monoisotopic (exact) mass is 417 g/mol. The number of benzene rings is 1. The van der Waals surface area contributed by atoms with Crippen molar-refractivity contribution in [3.8, 4) is 11.4 Å². The van der Waals surface area contributed by atoms with Crippen LogP contribution in [-0.2, 0) is 16.0 Å². The molecule has 2 amide bonds. The molecular formula is C21H28FN5O3. The highest BCUT2D eigenvalue weighted by atomic mass is 19.1. The van der Waals surface area contributed by atoms with Crippen LogP contribution in [0.1, 0.15) is 37.1 Å². The number of nitrogens with two attached hydrogens (primary N) is 1. The first kappa shape index (κ1) is 21.9. The Kier molecular flexibility index (Phi) is 7.51. The maximum Gasteiger partial charge on any atom is 0.227 e. The number of aryl methyl sites for hydroxylation is 2. The van der Waals surface area contributed by atoms with Crippen LogP contribution in [0.2, 0.25) is 0 Å². The standard InChI is InChI=1S/C21H28FN5O3/c1-14-5-6-15(12-17(14)22)21-25-19(30-26-21)8-7-18(28)24-9-3-11-27-10-2-4-16(13-27)20(23)29/h5-6,12,16H,2-4,7-11,13H2,1H3,(H2,23,29)(H,24,28). The van der Waals surface area contributed by atoms with Gasteiger partial charge in [0.25, 0.3) is 0 Å². The van der Waals surface area contributed by atoms with Gasteiger partial charge in [-0.15, -0.1) is 0 Å². The summed E-state index contributed by atoms with van der Waals surface area (Å²) < 4.78 is 18.8. The first-order valence-corrected chi connectivity index (χ1v) is 10.3. The average Bonchev–Trinajstić information content (AvgIpc) is 3.21. The molecule has 1 aliphatic rings. The number of primary amides is 1. The van der Waals surface area contributed by atoms with Gasteiger partial charge in [0.2, 0.25) is 23.5 Å². The molecule has 0 aliphatic carbocycles. The van der Waals surface area contributed by atoms with Crippen LogP contribution in [0.25, 0.3) is 11.4 Å². The molecule has 0 bridgehead atoms. The lowest BCUT2D eigenvalue weighted by Crippen LogP contribution is -2.42. The fraction of sp³-hybridized carbons (Fsp3) is 0.524. The predicted octanol–water partition coefficient (Wildman–Crippen LogP) is 1.82. The summed E-state index contributed by atoms with van der Waals surface area (Å²) in [5, 5.41) is 6.74. The second-order valence-corrected chi connectivity index (χ2v) is 7.72. The highest BCUT2D eigenvalue weighted by Gasteiger charge is 2.23. The van der Waals surface area contributed by atoms with Gasteiger partial charge >= 0.3 is 0 Å². The molecule has 0 saturated carbocycles. The molecule has 9 heteroatoms. The molecule has 0 spiro atoms. The number of nitrogens with zero attached hydrogens (tertiary/aromatic N) is 3. The zero-order valence-electron chi connectivity index (χ0n) is 17.2. The number of nitrogens with one attached hydrogen (secondary N) is 1. The summed E-state index contributed by atoms with van der Waals surface area (Å²) in [6.07, 6.45) is 3.19. The van der Waals surface area contributed by atoms with E-state index in [1.165, 1.54) is 6.07 Å². The smallest absolute Gasteiger partial charge is 0.227 e. The lowest BCUT2D eigenvalue weighted by atomic mass is 9.97. The van der Waals surface area contributed by atoms with E-state index in [2.05, 4.69) is 20.4 Å². The maximum atomic E-state index is 13.7. The minimum atomic E-state index is -0.326. The summed E-state index contributed by atoms with van der Waals surface area (Å²) in [6.45, 7) is 4.73. The van der Waals surface area contributed by atoms with Crippen molar-refractivity contribution >= 4 is 11.8 Å². The number of piperidine rings is 1. The van der Waals surface area contributed by atoms with E-state index in [1.807, 2.05) is 0 Å². The maximum absolute atomic E-state index is 13.7. The molecule has 1 unspecified atom stereocenters. The van der Waals surface area contributed by atoms with Crippen molar-refractivity contribution in [3.05, 3.63) is 35.5 Å². The van der Waals surface area contributed by atoms with Crippen molar-refractivity contribution in [2.24, 2.45) is 11.7 Å². The molecule has 30 heavy (non-hydrogen) atoms. The number of likely N-dealkylation sites (tertiary alicyclic amines) is 1. The number of carbonyl (C=O) groups is 2. The molecule has 1 fully saturated rings. The second-order valence-electron chi connectivity index (χ2n) is 7.72. The largest absolute Gasteiger partial charge is 0.369 e. The molecule has 1 aliphatic heterocycles. The molecule has 1 saturated heterocycles.